The molecule has 0 bridgehead atoms. The average molecular weight is 432 g/mol. The van der Waals surface area contributed by atoms with E-state index < -0.39 is 0 Å². The maximum Gasteiger partial charge on any atom is 0.191 e. The lowest BCUT2D eigenvalue weighted by Gasteiger charge is -2.35. The molecule has 1 atom stereocenters. The number of likely N-dealkylation sites (tertiary alicyclic amines) is 1. The monoisotopic (exact) mass is 431 g/mol. The Morgan fingerprint density at radius 2 is 1.68 bits per heavy atom. The first kappa shape index (κ1) is 23.5. The third-order valence-electron chi connectivity index (χ3n) is 6.40. The number of hydrogen-bond acceptors (Lipinski definition) is 5. The Morgan fingerprint density at radius 1 is 1.03 bits per heavy atom. The van der Waals surface area contributed by atoms with Crippen molar-refractivity contribution in [2.75, 3.05) is 65.4 Å². The lowest BCUT2D eigenvalue weighted by atomic mass is 10.0. The van der Waals surface area contributed by atoms with E-state index >= 15 is 0 Å². The summed E-state index contributed by atoms with van der Waals surface area (Å²) >= 11 is 0. The first-order chi connectivity index (χ1) is 15.1. The van der Waals surface area contributed by atoms with Crippen LogP contribution in [0.15, 0.2) is 23.2 Å². The van der Waals surface area contributed by atoms with Gasteiger partial charge in [0.25, 0.3) is 0 Å². The van der Waals surface area contributed by atoms with Crippen LogP contribution in [-0.2, 0) is 0 Å². The summed E-state index contributed by atoms with van der Waals surface area (Å²) in [6.07, 6.45) is 6.24. The highest BCUT2D eigenvalue weighted by molar-refractivity contribution is 5.80. The largest absolute Gasteiger partial charge is 0.497 e. The van der Waals surface area contributed by atoms with Gasteiger partial charge < -0.3 is 29.9 Å². The highest BCUT2D eigenvalue weighted by atomic mass is 16.5. The van der Waals surface area contributed by atoms with Gasteiger partial charge in [-0.3, -0.25) is 4.99 Å². The molecule has 1 aromatic rings. The SMILES string of the molecule is CN=C(NCC(C)CN1CCCCC1)NC1CCN(c2cc(OC)cc(OC)c2)CC1. The van der Waals surface area contributed by atoms with Crippen molar-refractivity contribution in [2.24, 2.45) is 10.9 Å². The van der Waals surface area contributed by atoms with E-state index in [-0.39, 0.29) is 0 Å². The second kappa shape index (κ2) is 12.0. The molecule has 0 amide bonds. The van der Waals surface area contributed by atoms with Gasteiger partial charge in [0.15, 0.2) is 5.96 Å². The highest BCUT2D eigenvalue weighted by Gasteiger charge is 2.21. The third kappa shape index (κ3) is 7.20. The number of nitrogens with zero attached hydrogens (tertiary/aromatic N) is 3. The lowest BCUT2D eigenvalue weighted by molar-refractivity contribution is 0.201. The summed E-state index contributed by atoms with van der Waals surface area (Å²) in [7, 11) is 5.25. The zero-order valence-electron chi connectivity index (χ0n) is 19.8. The van der Waals surface area contributed by atoms with Crippen LogP contribution in [0.3, 0.4) is 0 Å². The number of nitrogens with one attached hydrogen (secondary N) is 2. The van der Waals surface area contributed by atoms with E-state index in [1.165, 1.54) is 38.9 Å². The number of anilines is 1. The molecule has 2 aliphatic rings. The first-order valence-corrected chi connectivity index (χ1v) is 11.8. The molecule has 1 unspecified atom stereocenters. The van der Waals surface area contributed by atoms with E-state index in [1.54, 1.807) is 14.2 Å². The first-order valence-electron chi connectivity index (χ1n) is 11.8. The third-order valence-corrected chi connectivity index (χ3v) is 6.40. The zero-order chi connectivity index (χ0) is 22.1. The van der Waals surface area contributed by atoms with Crippen molar-refractivity contribution in [3.63, 3.8) is 0 Å². The Balaban J connectivity index is 1.43. The van der Waals surface area contributed by atoms with Crippen molar-refractivity contribution in [3.8, 4) is 11.5 Å². The van der Waals surface area contributed by atoms with Gasteiger partial charge in [0.1, 0.15) is 11.5 Å². The van der Waals surface area contributed by atoms with E-state index in [4.69, 9.17) is 9.47 Å². The summed E-state index contributed by atoms with van der Waals surface area (Å²) < 4.78 is 10.8. The predicted octanol–water partition coefficient (Wildman–Crippen LogP) is 2.96. The van der Waals surface area contributed by atoms with Crippen molar-refractivity contribution >= 4 is 11.6 Å². The van der Waals surface area contributed by atoms with E-state index in [1.807, 2.05) is 13.1 Å². The normalized spacial score (nSPS) is 19.7. The van der Waals surface area contributed by atoms with Crippen LogP contribution in [-0.4, -0.2) is 77.4 Å². The number of aliphatic imine (C=N–C) groups is 1. The van der Waals surface area contributed by atoms with Gasteiger partial charge in [-0.05, 0) is 44.7 Å². The minimum Gasteiger partial charge on any atom is -0.497 e. The van der Waals surface area contributed by atoms with Gasteiger partial charge in [0, 0.05) is 63.2 Å². The molecule has 0 spiro atoms. The maximum absolute atomic E-state index is 5.42. The van der Waals surface area contributed by atoms with Crippen LogP contribution in [0, 0.1) is 5.92 Å². The van der Waals surface area contributed by atoms with Crippen LogP contribution >= 0.6 is 0 Å². The van der Waals surface area contributed by atoms with Gasteiger partial charge in [-0.25, -0.2) is 0 Å². The minimum absolute atomic E-state index is 0.437. The second-order valence-electron chi connectivity index (χ2n) is 8.90. The fraction of sp³-hybridized carbons (Fsp3) is 0.708. The van der Waals surface area contributed by atoms with Crippen LogP contribution in [0.25, 0.3) is 0 Å². The van der Waals surface area contributed by atoms with Gasteiger partial charge in [-0.15, -0.1) is 0 Å². The Hall–Kier alpha value is -2.15. The molecule has 7 nitrogen and oxygen atoms in total. The van der Waals surface area contributed by atoms with Crippen molar-refractivity contribution in [2.45, 2.75) is 45.1 Å². The molecule has 0 aromatic heterocycles. The fourth-order valence-electron chi connectivity index (χ4n) is 4.56. The molecule has 2 saturated heterocycles. The molecular weight excluding hydrogens is 390 g/mol. The lowest BCUT2D eigenvalue weighted by Crippen LogP contribution is -2.50. The molecule has 3 rings (SSSR count). The molecule has 2 heterocycles. The van der Waals surface area contributed by atoms with Crippen molar-refractivity contribution in [3.05, 3.63) is 18.2 Å². The predicted molar refractivity (Wildman–Crippen MR) is 129 cm³/mol. The molecule has 1 aromatic carbocycles. The minimum atomic E-state index is 0.437. The number of guanidine groups is 1. The number of methoxy groups -OCH3 is 2. The summed E-state index contributed by atoms with van der Waals surface area (Å²) in [5.74, 6) is 3.20. The van der Waals surface area contributed by atoms with Gasteiger partial charge >= 0.3 is 0 Å². The van der Waals surface area contributed by atoms with Gasteiger partial charge in [-0.1, -0.05) is 13.3 Å². The summed E-state index contributed by atoms with van der Waals surface area (Å²) in [4.78, 5) is 9.47. The van der Waals surface area contributed by atoms with E-state index in [0.29, 0.717) is 12.0 Å². The molecule has 7 heteroatoms. The maximum atomic E-state index is 5.42. The molecule has 0 saturated carbocycles. The fourth-order valence-corrected chi connectivity index (χ4v) is 4.56. The molecule has 174 valence electrons. The van der Waals surface area contributed by atoms with Crippen molar-refractivity contribution in [1.82, 2.24) is 15.5 Å². The van der Waals surface area contributed by atoms with E-state index in [9.17, 15) is 0 Å². The molecule has 0 radical (unpaired) electrons. The summed E-state index contributed by atoms with van der Waals surface area (Å²) in [6, 6.07) is 6.52. The van der Waals surface area contributed by atoms with Crippen LogP contribution in [0.2, 0.25) is 0 Å². The summed E-state index contributed by atoms with van der Waals surface area (Å²) in [5, 5.41) is 7.18. The second-order valence-corrected chi connectivity index (χ2v) is 8.90. The topological polar surface area (TPSA) is 61.4 Å². The van der Waals surface area contributed by atoms with Crippen LogP contribution in [0.1, 0.15) is 39.0 Å². The Kier molecular flexibility index (Phi) is 9.13. The van der Waals surface area contributed by atoms with Crippen LogP contribution in [0.4, 0.5) is 5.69 Å². The quantitative estimate of drug-likeness (QED) is 0.487. The number of benzene rings is 1. The zero-order valence-corrected chi connectivity index (χ0v) is 19.8. The van der Waals surface area contributed by atoms with Gasteiger partial charge in [0.05, 0.1) is 14.2 Å². The number of rotatable bonds is 8. The molecular formula is C24H41N5O2. The van der Waals surface area contributed by atoms with Crippen LogP contribution in [0.5, 0.6) is 11.5 Å². The van der Waals surface area contributed by atoms with E-state index in [0.717, 1.165) is 55.6 Å². The van der Waals surface area contributed by atoms with Crippen LogP contribution < -0.4 is 25.0 Å². The average Bonchev–Trinajstić information content (AvgIpc) is 2.82. The molecule has 0 aliphatic carbocycles. The molecule has 2 N–H and O–H groups in total. The van der Waals surface area contributed by atoms with E-state index in [2.05, 4.69) is 44.5 Å². The number of hydrogen-bond donors (Lipinski definition) is 2. The molecule has 2 fully saturated rings. The Morgan fingerprint density at radius 3 is 2.26 bits per heavy atom. The Labute approximate surface area is 188 Å². The smallest absolute Gasteiger partial charge is 0.191 e. The Bertz CT molecular complexity index is 675. The molecule has 31 heavy (non-hydrogen) atoms. The summed E-state index contributed by atoms with van der Waals surface area (Å²) in [5.41, 5.74) is 1.16. The number of piperidine rings is 2. The number of ether oxygens (including phenoxy) is 2. The standard InChI is InChI=1S/C24H41N5O2/c1-19(18-28-10-6-5-7-11-28)17-26-24(25-2)27-20-8-12-29(13-9-20)21-14-22(30-3)16-23(15-21)31-4/h14-16,19-20H,5-13,17-18H2,1-4H3,(H2,25,26,27). The van der Waals surface area contributed by atoms with Crippen molar-refractivity contribution in [1.29, 1.82) is 0 Å². The molecule has 2 aliphatic heterocycles. The van der Waals surface area contributed by atoms with Gasteiger partial charge in [0.2, 0.25) is 0 Å². The van der Waals surface area contributed by atoms with Gasteiger partial charge in [-0.2, -0.15) is 0 Å². The van der Waals surface area contributed by atoms with Crippen molar-refractivity contribution < 1.29 is 9.47 Å². The highest BCUT2D eigenvalue weighted by Crippen LogP contribution is 2.30. The summed E-state index contributed by atoms with van der Waals surface area (Å²) in [6.45, 7) is 8.97.